The average Bonchev–Trinajstić information content (AvgIpc) is 2.36. The lowest BCUT2D eigenvalue weighted by molar-refractivity contribution is -0.122. The molecule has 1 heterocycles. The van der Waals surface area contributed by atoms with Gasteiger partial charge >= 0.3 is 5.91 Å². The van der Waals surface area contributed by atoms with Gasteiger partial charge in [-0.1, -0.05) is 0 Å². The fourth-order valence-electron chi connectivity index (χ4n) is 0.937. The molecule has 54 valence electrons. The van der Waals surface area contributed by atoms with Crippen LogP contribution in [0.15, 0.2) is 10.2 Å². The first-order chi connectivity index (χ1) is 4.69. The fraction of sp³-hybridized carbons (Fsp3) is 0.667. The SMILES string of the molecule is CC1(C(=O)N=O)CCC=N1. The Labute approximate surface area is 58.3 Å². The number of rotatable bonds is 1. The molecule has 0 radical (unpaired) electrons. The molecule has 0 spiro atoms. The summed E-state index contributed by atoms with van der Waals surface area (Å²) in [5.41, 5.74) is -0.845. The molecule has 4 nitrogen and oxygen atoms in total. The van der Waals surface area contributed by atoms with Crippen molar-refractivity contribution >= 4 is 12.1 Å². The average molecular weight is 140 g/mol. The number of carbonyl (C=O) groups excluding carboxylic acids is 1. The second-order valence-electron chi connectivity index (χ2n) is 2.52. The third kappa shape index (κ3) is 0.964. The molecule has 1 rings (SSSR count). The van der Waals surface area contributed by atoms with Gasteiger partial charge in [-0.15, -0.1) is 4.91 Å². The molecule has 0 aromatic carbocycles. The van der Waals surface area contributed by atoms with Crippen molar-refractivity contribution in [3.63, 3.8) is 0 Å². The van der Waals surface area contributed by atoms with E-state index in [1.165, 1.54) is 0 Å². The molecule has 0 saturated carbocycles. The lowest BCUT2D eigenvalue weighted by atomic mass is 10.00. The summed E-state index contributed by atoms with van der Waals surface area (Å²) >= 11 is 0. The van der Waals surface area contributed by atoms with Gasteiger partial charge in [0.05, 0.1) is 0 Å². The van der Waals surface area contributed by atoms with Gasteiger partial charge in [0, 0.05) is 11.4 Å². The zero-order valence-electron chi connectivity index (χ0n) is 5.70. The summed E-state index contributed by atoms with van der Waals surface area (Å²) in [6, 6.07) is 0. The molecule has 1 amide bonds. The van der Waals surface area contributed by atoms with Crippen molar-refractivity contribution < 1.29 is 4.79 Å². The highest BCUT2D eigenvalue weighted by atomic mass is 16.3. The van der Waals surface area contributed by atoms with Gasteiger partial charge < -0.3 is 0 Å². The van der Waals surface area contributed by atoms with Crippen LogP contribution in [0.25, 0.3) is 0 Å². The van der Waals surface area contributed by atoms with E-state index in [0.29, 0.717) is 6.42 Å². The van der Waals surface area contributed by atoms with Crippen LogP contribution >= 0.6 is 0 Å². The van der Waals surface area contributed by atoms with Crippen molar-refractivity contribution in [3.8, 4) is 0 Å². The molecular weight excluding hydrogens is 132 g/mol. The second-order valence-corrected chi connectivity index (χ2v) is 2.52. The van der Waals surface area contributed by atoms with E-state index in [2.05, 4.69) is 10.2 Å². The predicted molar refractivity (Wildman–Crippen MR) is 36.9 cm³/mol. The maximum Gasteiger partial charge on any atom is 0.313 e. The Morgan fingerprint density at radius 3 is 2.90 bits per heavy atom. The molecule has 4 heteroatoms. The molecule has 0 aromatic rings. The molecule has 0 N–H and O–H groups in total. The molecule has 1 aliphatic rings. The van der Waals surface area contributed by atoms with Crippen LogP contribution in [0.3, 0.4) is 0 Å². The highest BCUT2D eigenvalue weighted by molar-refractivity contribution is 5.89. The maximum absolute atomic E-state index is 10.7. The molecule has 10 heavy (non-hydrogen) atoms. The number of carbonyl (C=O) groups is 1. The Morgan fingerprint density at radius 2 is 2.50 bits per heavy atom. The number of hydrogen-bond acceptors (Lipinski definition) is 3. The third-order valence-corrected chi connectivity index (χ3v) is 1.68. The zero-order valence-corrected chi connectivity index (χ0v) is 5.70. The first-order valence-electron chi connectivity index (χ1n) is 3.10. The van der Waals surface area contributed by atoms with Crippen molar-refractivity contribution in [2.45, 2.75) is 25.3 Å². The Hall–Kier alpha value is -1.06. The van der Waals surface area contributed by atoms with Gasteiger partial charge in [0.25, 0.3) is 0 Å². The van der Waals surface area contributed by atoms with Crippen molar-refractivity contribution in [1.82, 2.24) is 0 Å². The van der Waals surface area contributed by atoms with Gasteiger partial charge in [0.1, 0.15) is 5.54 Å². The Balaban J connectivity index is 2.77. The normalized spacial score (nSPS) is 30.5. The van der Waals surface area contributed by atoms with Gasteiger partial charge in [-0.25, -0.2) is 0 Å². The maximum atomic E-state index is 10.7. The molecular formula is C6H8N2O2. The minimum absolute atomic E-state index is 0.609. The van der Waals surface area contributed by atoms with Crippen LogP contribution < -0.4 is 0 Å². The minimum atomic E-state index is -0.845. The monoisotopic (exact) mass is 140 g/mol. The summed E-state index contributed by atoms with van der Waals surface area (Å²) in [6.45, 7) is 1.63. The van der Waals surface area contributed by atoms with Crippen LogP contribution in [0.1, 0.15) is 19.8 Å². The lowest BCUT2D eigenvalue weighted by Gasteiger charge is -2.12. The van der Waals surface area contributed by atoms with E-state index in [1.807, 2.05) is 0 Å². The van der Waals surface area contributed by atoms with Crippen LogP contribution in [-0.4, -0.2) is 17.7 Å². The van der Waals surface area contributed by atoms with Crippen molar-refractivity contribution in [1.29, 1.82) is 0 Å². The first kappa shape index (κ1) is 7.05. The van der Waals surface area contributed by atoms with E-state index in [4.69, 9.17) is 0 Å². The molecule has 1 atom stereocenters. The third-order valence-electron chi connectivity index (χ3n) is 1.68. The van der Waals surface area contributed by atoms with Crippen molar-refractivity contribution in [3.05, 3.63) is 4.91 Å². The Kier molecular flexibility index (Phi) is 1.61. The topological polar surface area (TPSA) is 58.9 Å². The quantitative estimate of drug-likeness (QED) is 0.508. The Morgan fingerprint density at radius 1 is 1.80 bits per heavy atom. The molecule has 1 unspecified atom stereocenters. The number of nitrogens with zero attached hydrogens (tertiary/aromatic N) is 2. The molecule has 0 fully saturated rings. The van der Waals surface area contributed by atoms with E-state index >= 15 is 0 Å². The molecule has 0 bridgehead atoms. The van der Waals surface area contributed by atoms with Gasteiger partial charge in [-0.2, -0.15) is 0 Å². The number of amides is 1. The summed E-state index contributed by atoms with van der Waals surface area (Å²) in [6.07, 6.45) is 3.03. The number of aliphatic imine (C=N–C) groups is 1. The standard InChI is InChI=1S/C6H8N2O2/c1-6(5(9)8-10)3-2-4-7-6/h4H,2-3H2,1H3. The van der Waals surface area contributed by atoms with Crippen molar-refractivity contribution in [2.24, 2.45) is 10.2 Å². The van der Waals surface area contributed by atoms with Crippen LogP contribution in [0.5, 0.6) is 0 Å². The summed E-state index contributed by atoms with van der Waals surface area (Å²) < 4.78 is 0. The van der Waals surface area contributed by atoms with Crippen molar-refractivity contribution in [2.75, 3.05) is 0 Å². The van der Waals surface area contributed by atoms with Crippen LogP contribution in [0, 0.1) is 4.91 Å². The number of nitroso groups, excluding NO2 is 1. The highest BCUT2D eigenvalue weighted by Gasteiger charge is 2.35. The molecule has 0 saturated heterocycles. The fourth-order valence-corrected chi connectivity index (χ4v) is 0.937. The van der Waals surface area contributed by atoms with Gasteiger partial charge in [0.2, 0.25) is 0 Å². The predicted octanol–water partition coefficient (Wildman–Crippen LogP) is 0.903. The van der Waals surface area contributed by atoms with Crippen LogP contribution in [-0.2, 0) is 4.79 Å². The molecule has 1 aliphatic heterocycles. The summed E-state index contributed by atoms with van der Waals surface area (Å²) in [4.78, 5) is 24.4. The van der Waals surface area contributed by atoms with Gasteiger partial charge in [-0.05, 0) is 19.8 Å². The second kappa shape index (κ2) is 2.28. The highest BCUT2D eigenvalue weighted by Crippen LogP contribution is 2.23. The number of hydrogen-bond donors (Lipinski definition) is 0. The zero-order chi connectivity index (χ0) is 7.61. The summed E-state index contributed by atoms with van der Waals surface area (Å²) in [5.74, 6) is -0.666. The van der Waals surface area contributed by atoms with Crippen LogP contribution in [0.4, 0.5) is 0 Å². The summed E-state index contributed by atoms with van der Waals surface area (Å²) in [7, 11) is 0. The van der Waals surface area contributed by atoms with E-state index in [0.717, 1.165) is 6.42 Å². The van der Waals surface area contributed by atoms with Crippen LogP contribution in [0.2, 0.25) is 0 Å². The summed E-state index contributed by atoms with van der Waals surface area (Å²) in [5, 5.41) is 2.34. The van der Waals surface area contributed by atoms with E-state index in [1.54, 1.807) is 13.1 Å². The van der Waals surface area contributed by atoms with E-state index in [9.17, 15) is 9.70 Å². The van der Waals surface area contributed by atoms with E-state index < -0.39 is 11.4 Å². The van der Waals surface area contributed by atoms with E-state index in [-0.39, 0.29) is 0 Å². The first-order valence-corrected chi connectivity index (χ1v) is 3.10. The molecule has 0 aliphatic carbocycles. The minimum Gasteiger partial charge on any atom is -0.281 e. The van der Waals surface area contributed by atoms with Gasteiger partial charge in [-0.3, -0.25) is 9.79 Å². The smallest absolute Gasteiger partial charge is 0.281 e. The lowest BCUT2D eigenvalue weighted by Crippen LogP contribution is -2.28. The molecule has 0 aromatic heterocycles. The van der Waals surface area contributed by atoms with Gasteiger partial charge in [0.15, 0.2) is 0 Å². The Bertz CT molecular complexity index is 200. The largest absolute Gasteiger partial charge is 0.313 e.